The second kappa shape index (κ2) is 4.79. The lowest BCUT2D eigenvalue weighted by atomic mass is 9.71. The molecule has 2 nitrogen and oxygen atoms in total. The average molecular weight is 251 g/mol. The summed E-state index contributed by atoms with van der Waals surface area (Å²) in [6.07, 6.45) is 10.6. The molecule has 0 aromatic carbocycles. The molecule has 0 aromatic rings. The van der Waals surface area contributed by atoms with Crippen LogP contribution in [0.1, 0.15) is 65.2 Å². The summed E-state index contributed by atoms with van der Waals surface area (Å²) in [7, 11) is 0. The van der Waals surface area contributed by atoms with E-state index in [1.54, 1.807) is 0 Å². The van der Waals surface area contributed by atoms with Crippen LogP contribution in [0.15, 0.2) is 0 Å². The Morgan fingerprint density at radius 1 is 0.889 bits per heavy atom. The predicted molar refractivity (Wildman–Crippen MR) is 74.7 cm³/mol. The Morgan fingerprint density at radius 3 is 2.17 bits per heavy atom. The molecule has 0 amide bonds. The highest BCUT2D eigenvalue weighted by atomic mass is 16.5. The molecule has 2 unspecified atom stereocenters. The van der Waals surface area contributed by atoms with Gasteiger partial charge in [-0.15, -0.1) is 0 Å². The van der Waals surface area contributed by atoms with Gasteiger partial charge in [0.15, 0.2) is 0 Å². The van der Waals surface area contributed by atoms with Crippen LogP contribution in [0, 0.1) is 11.8 Å². The number of rotatable bonds is 0. The Hall–Kier alpha value is -0.0800. The molecule has 3 aliphatic rings. The quantitative estimate of drug-likeness (QED) is 0.711. The fraction of sp³-hybridized carbons (Fsp3) is 1.00. The van der Waals surface area contributed by atoms with Gasteiger partial charge in [0.05, 0.1) is 11.2 Å². The van der Waals surface area contributed by atoms with Crippen molar-refractivity contribution in [1.29, 1.82) is 0 Å². The van der Waals surface area contributed by atoms with Crippen LogP contribution in [0.4, 0.5) is 0 Å². The number of morpholine rings is 1. The highest BCUT2D eigenvalue weighted by Gasteiger charge is 2.48. The predicted octanol–water partition coefficient (Wildman–Crippen LogP) is 3.50. The maximum Gasteiger partial charge on any atom is 0.0819 e. The van der Waals surface area contributed by atoms with Crippen molar-refractivity contribution in [3.63, 3.8) is 0 Å². The van der Waals surface area contributed by atoms with Crippen molar-refractivity contribution in [3.8, 4) is 0 Å². The molecule has 2 aliphatic carbocycles. The van der Waals surface area contributed by atoms with E-state index < -0.39 is 0 Å². The van der Waals surface area contributed by atoms with E-state index in [4.69, 9.17) is 4.74 Å². The first-order valence-electron chi connectivity index (χ1n) is 8.02. The van der Waals surface area contributed by atoms with Gasteiger partial charge in [-0.25, -0.2) is 0 Å². The molecule has 2 spiro atoms. The molecule has 0 bridgehead atoms. The fourth-order valence-corrected chi connectivity index (χ4v) is 4.96. The Morgan fingerprint density at radius 2 is 1.50 bits per heavy atom. The van der Waals surface area contributed by atoms with E-state index in [1.165, 1.54) is 51.4 Å². The fourth-order valence-electron chi connectivity index (χ4n) is 4.96. The molecule has 3 fully saturated rings. The van der Waals surface area contributed by atoms with Gasteiger partial charge in [-0.05, 0) is 43.9 Å². The van der Waals surface area contributed by atoms with Crippen molar-refractivity contribution in [3.05, 3.63) is 0 Å². The molecule has 0 aromatic heterocycles. The Labute approximate surface area is 112 Å². The van der Waals surface area contributed by atoms with Crippen molar-refractivity contribution in [2.75, 3.05) is 13.1 Å². The van der Waals surface area contributed by atoms with E-state index in [0.29, 0.717) is 0 Å². The molecule has 1 aliphatic heterocycles. The highest BCUT2D eigenvalue weighted by Crippen LogP contribution is 2.45. The van der Waals surface area contributed by atoms with Crippen LogP contribution in [0.2, 0.25) is 0 Å². The zero-order valence-electron chi connectivity index (χ0n) is 12.1. The van der Waals surface area contributed by atoms with Crippen molar-refractivity contribution < 1.29 is 4.74 Å². The minimum absolute atomic E-state index is 0.159. The number of hydrogen-bond acceptors (Lipinski definition) is 2. The van der Waals surface area contributed by atoms with Crippen LogP contribution in [-0.4, -0.2) is 24.3 Å². The maximum absolute atomic E-state index is 6.82. The van der Waals surface area contributed by atoms with Crippen molar-refractivity contribution >= 4 is 0 Å². The molecule has 18 heavy (non-hydrogen) atoms. The summed E-state index contributed by atoms with van der Waals surface area (Å²) in [5.74, 6) is 1.66. The summed E-state index contributed by atoms with van der Waals surface area (Å²) in [6.45, 7) is 6.99. The van der Waals surface area contributed by atoms with E-state index in [0.717, 1.165) is 24.9 Å². The largest absolute Gasteiger partial charge is 0.366 e. The SMILES string of the molecule is CC1CC(C)CC2(CNCC3(CCCCC3)O2)C1. The van der Waals surface area contributed by atoms with Crippen LogP contribution in [0.5, 0.6) is 0 Å². The zero-order valence-corrected chi connectivity index (χ0v) is 12.1. The topological polar surface area (TPSA) is 21.3 Å². The number of hydrogen-bond donors (Lipinski definition) is 1. The third kappa shape index (κ3) is 2.46. The van der Waals surface area contributed by atoms with E-state index in [-0.39, 0.29) is 11.2 Å². The Kier molecular flexibility index (Phi) is 3.44. The molecule has 2 heteroatoms. The maximum atomic E-state index is 6.82. The summed E-state index contributed by atoms with van der Waals surface area (Å²) in [5.41, 5.74) is 0.347. The van der Waals surface area contributed by atoms with Gasteiger partial charge in [-0.1, -0.05) is 33.1 Å². The van der Waals surface area contributed by atoms with Gasteiger partial charge in [0.25, 0.3) is 0 Å². The lowest BCUT2D eigenvalue weighted by Crippen LogP contribution is -2.62. The lowest BCUT2D eigenvalue weighted by Gasteiger charge is -2.54. The first-order valence-corrected chi connectivity index (χ1v) is 8.02. The second-order valence-corrected chi connectivity index (χ2v) is 7.49. The van der Waals surface area contributed by atoms with Crippen LogP contribution in [-0.2, 0) is 4.74 Å². The molecule has 1 saturated heterocycles. The minimum Gasteiger partial charge on any atom is -0.366 e. The average Bonchev–Trinajstić information content (AvgIpc) is 2.27. The van der Waals surface area contributed by atoms with Gasteiger partial charge < -0.3 is 10.1 Å². The summed E-state index contributed by atoms with van der Waals surface area (Å²) < 4.78 is 6.82. The van der Waals surface area contributed by atoms with Crippen LogP contribution in [0.3, 0.4) is 0 Å². The second-order valence-electron chi connectivity index (χ2n) is 7.49. The molecule has 2 atom stereocenters. The van der Waals surface area contributed by atoms with Gasteiger partial charge in [0, 0.05) is 13.1 Å². The Bertz CT molecular complexity index is 280. The zero-order chi connectivity index (χ0) is 12.6. The smallest absolute Gasteiger partial charge is 0.0819 e. The van der Waals surface area contributed by atoms with Crippen molar-refractivity contribution in [2.24, 2.45) is 11.8 Å². The molecule has 2 saturated carbocycles. The molecule has 0 radical (unpaired) electrons. The molecular weight excluding hydrogens is 222 g/mol. The summed E-state index contributed by atoms with van der Waals surface area (Å²) >= 11 is 0. The lowest BCUT2D eigenvalue weighted by molar-refractivity contribution is -0.212. The third-order valence-electron chi connectivity index (χ3n) is 5.34. The van der Waals surface area contributed by atoms with E-state index in [2.05, 4.69) is 19.2 Å². The summed E-state index contributed by atoms with van der Waals surface area (Å²) in [5, 5.41) is 3.72. The minimum atomic E-state index is 0.159. The first kappa shape index (κ1) is 12.9. The van der Waals surface area contributed by atoms with E-state index in [9.17, 15) is 0 Å². The van der Waals surface area contributed by atoms with Gasteiger partial charge >= 0.3 is 0 Å². The van der Waals surface area contributed by atoms with Crippen molar-refractivity contribution in [1.82, 2.24) is 5.32 Å². The first-order chi connectivity index (χ1) is 8.62. The number of ether oxygens (including phenoxy) is 1. The summed E-state index contributed by atoms with van der Waals surface area (Å²) in [4.78, 5) is 0. The van der Waals surface area contributed by atoms with Crippen molar-refractivity contribution in [2.45, 2.75) is 76.4 Å². The Balaban J connectivity index is 1.75. The van der Waals surface area contributed by atoms with E-state index >= 15 is 0 Å². The molecular formula is C16H29NO. The van der Waals surface area contributed by atoms with Gasteiger partial charge in [0.2, 0.25) is 0 Å². The molecule has 1 N–H and O–H groups in total. The van der Waals surface area contributed by atoms with Gasteiger partial charge in [-0.3, -0.25) is 0 Å². The highest BCUT2D eigenvalue weighted by molar-refractivity contribution is 5.01. The van der Waals surface area contributed by atoms with Gasteiger partial charge in [0.1, 0.15) is 0 Å². The molecule has 1 heterocycles. The van der Waals surface area contributed by atoms with Crippen LogP contribution in [0.25, 0.3) is 0 Å². The monoisotopic (exact) mass is 251 g/mol. The molecule has 3 rings (SSSR count). The number of nitrogens with one attached hydrogen (secondary N) is 1. The standard InChI is InChI=1S/C16H29NO/c1-13-8-14(2)10-16(9-13)12-17-11-15(18-16)6-4-3-5-7-15/h13-14,17H,3-12H2,1-2H3. The van der Waals surface area contributed by atoms with Gasteiger partial charge in [-0.2, -0.15) is 0 Å². The van der Waals surface area contributed by atoms with E-state index in [1.807, 2.05) is 0 Å². The van der Waals surface area contributed by atoms with Crippen LogP contribution < -0.4 is 5.32 Å². The van der Waals surface area contributed by atoms with Crippen LogP contribution >= 0.6 is 0 Å². The third-order valence-corrected chi connectivity index (χ3v) is 5.34. The molecule has 104 valence electrons. The summed E-state index contributed by atoms with van der Waals surface area (Å²) in [6, 6.07) is 0. The normalized spacial score (nSPS) is 44.3.